The number of likely N-dealkylation sites (N-methyl/N-ethyl adjacent to an activating group) is 1. The summed E-state index contributed by atoms with van der Waals surface area (Å²) in [6.45, 7) is 7.83. The van der Waals surface area contributed by atoms with Crippen LogP contribution in [0.25, 0.3) is 0 Å². The number of hydrogen-bond donors (Lipinski definition) is 0. The SMILES string of the molecule is CCN(CCc1ccc2c(c1)CCO2)CC(C)C#N. The largest absolute Gasteiger partial charge is 0.493 e. The van der Waals surface area contributed by atoms with Gasteiger partial charge in [-0.1, -0.05) is 19.1 Å². The molecule has 0 aliphatic carbocycles. The molecule has 0 N–H and O–H groups in total. The summed E-state index contributed by atoms with van der Waals surface area (Å²) in [7, 11) is 0. The number of nitriles is 1. The van der Waals surface area contributed by atoms with E-state index in [2.05, 4.69) is 36.1 Å². The van der Waals surface area contributed by atoms with Crippen LogP contribution in [0.3, 0.4) is 0 Å². The molecular weight excluding hydrogens is 236 g/mol. The van der Waals surface area contributed by atoms with E-state index >= 15 is 0 Å². The predicted octanol–water partition coefficient (Wildman–Crippen LogP) is 2.65. The standard InChI is InChI=1S/C16H22N2O/c1-3-18(12-13(2)11-17)8-6-14-4-5-16-15(10-14)7-9-19-16/h4-5,10,13H,3,6-9,12H2,1-2H3. The summed E-state index contributed by atoms with van der Waals surface area (Å²) in [4.78, 5) is 2.34. The molecule has 1 aliphatic heterocycles. The minimum atomic E-state index is 0.105. The Morgan fingerprint density at radius 3 is 3.05 bits per heavy atom. The van der Waals surface area contributed by atoms with Crippen LogP contribution < -0.4 is 4.74 Å². The van der Waals surface area contributed by atoms with Gasteiger partial charge in [-0.15, -0.1) is 0 Å². The zero-order valence-electron chi connectivity index (χ0n) is 11.9. The Morgan fingerprint density at radius 2 is 2.32 bits per heavy atom. The van der Waals surface area contributed by atoms with E-state index in [4.69, 9.17) is 10.00 Å². The lowest BCUT2D eigenvalue weighted by Crippen LogP contribution is -2.30. The summed E-state index contributed by atoms with van der Waals surface area (Å²) in [6.07, 6.45) is 2.07. The van der Waals surface area contributed by atoms with Gasteiger partial charge in [0.15, 0.2) is 0 Å². The van der Waals surface area contributed by atoms with Crippen molar-refractivity contribution in [1.29, 1.82) is 5.26 Å². The van der Waals surface area contributed by atoms with Gasteiger partial charge >= 0.3 is 0 Å². The van der Waals surface area contributed by atoms with Crippen molar-refractivity contribution < 1.29 is 4.74 Å². The Balaban J connectivity index is 1.89. The summed E-state index contributed by atoms with van der Waals surface area (Å²) in [5, 5.41) is 8.88. The third kappa shape index (κ3) is 3.71. The second-order valence-corrected chi connectivity index (χ2v) is 5.21. The molecular formula is C16H22N2O. The summed E-state index contributed by atoms with van der Waals surface area (Å²) in [5.41, 5.74) is 2.71. The van der Waals surface area contributed by atoms with E-state index in [9.17, 15) is 0 Å². The molecule has 102 valence electrons. The topological polar surface area (TPSA) is 36.3 Å². The molecule has 1 atom stereocenters. The fourth-order valence-electron chi connectivity index (χ4n) is 2.49. The number of hydrogen-bond acceptors (Lipinski definition) is 3. The summed E-state index contributed by atoms with van der Waals surface area (Å²) in [5.74, 6) is 1.16. The van der Waals surface area contributed by atoms with Gasteiger partial charge in [-0.25, -0.2) is 0 Å². The van der Waals surface area contributed by atoms with E-state index in [-0.39, 0.29) is 5.92 Å². The van der Waals surface area contributed by atoms with Gasteiger partial charge in [0.25, 0.3) is 0 Å². The summed E-state index contributed by atoms with van der Waals surface area (Å²) < 4.78 is 5.52. The first-order chi connectivity index (χ1) is 9.22. The first-order valence-electron chi connectivity index (χ1n) is 7.09. The first-order valence-corrected chi connectivity index (χ1v) is 7.09. The van der Waals surface area contributed by atoms with Gasteiger partial charge in [-0.2, -0.15) is 5.26 Å². The van der Waals surface area contributed by atoms with E-state index in [1.165, 1.54) is 11.1 Å². The average molecular weight is 258 g/mol. The van der Waals surface area contributed by atoms with Crippen molar-refractivity contribution in [2.24, 2.45) is 5.92 Å². The lowest BCUT2D eigenvalue weighted by molar-refractivity contribution is 0.272. The van der Waals surface area contributed by atoms with Gasteiger partial charge in [0, 0.05) is 19.5 Å². The van der Waals surface area contributed by atoms with Crippen molar-refractivity contribution in [3.8, 4) is 11.8 Å². The van der Waals surface area contributed by atoms with E-state index in [1.54, 1.807) is 0 Å². The van der Waals surface area contributed by atoms with Gasteiger partial charge in [-0.3, -0.25) is 0 Å². The van der Waals surface area contributed by atoms with Crippen molar-refractivity contribution in [2.45, 2.75) is 26.7 Å². The zero-order valence-corrected chi connectivity index (χ0v) is 11.9. The van der Waals surface area contributed by atoms with Crippen LogP contribution in [0.4, 0.5) is 0 Å². The first kappa shape index (κ1) is 13.9. The second-order valence-electron chi connectivity index (χ2n) is 5.21. The fraction of sp³-hybridized carbons (Fsp3) is 0.562. The fourth-order valence-corrected chi connectivity index (χ4v) is 2.49. The lowest BCUT2D eigenvalue weighted by Gasteiger charge is -2.21. The van der Waals surface area contributed by atoms with Crippen LogP contribution >= 0.6 is 0 Å². The third-order valence-electron chi connectivity index (χ3n) is 3.67. The number of nitrogens with zero attached hydrogens (tertiary/aromatic N) is 2. The highest BCUT2D eigenvalue weighted by Gasteiger charge is 2.13. The molecule has 0 aromatic heterocycles. The van der Waals surface area contributed by atoms with Crippen LogP contribution in [-0.2, 0) is 12.8 Å². The molecule has 1 aromatic rings. The quantitative estimate of drug-likeness (QED) is 0.787. The molecule has 3 heteroatoms. The lowest BCUT2D eigenvalue weighted by atomic mass is 10.1. The molecule has 0 bridgehead atoms. The van der Waals surface area contributed by atoms with Gasteiger partial charge in [0.05, 0.1) is 18.6 Å². The Kier molecular flexibility index (Phi) is 4.81. The van der Waals surface area contributed by atoms with Crippen molar-refractivity contribution in [3.63, 3.8) is 0 Å². The zero-order chi connectivity index (χ0) is 13.7. The van der Waals surface area contributed by atoms with E-state index in [0.29, 0.717) is 0 Å². The Labute approximate surface area is 115 Å². The molecule has 19 heavy (non-hydrogen) atoms. The molecule has 1 aromatic carbocycles. The number of fused-ring (bicyclic) bond motifs is 1. The van der Waals surface area contributed by atoms with E-state index in [1.807, 2.05) is 6.92 Å². The Morgan fingerprint density at radius 1 is 1.47 bits per heavy atom. The van der Waals surface area contributed by atoms with Crippen LogP contribution in [0.1, 0.15) is 25.0 Å². The van der Waals surface area contributed by atoms with Gasteiger partial charge < -0.3 is 9.64 Å². The molecule has 1 aliphatic rings. The summed E-state index contributed by atoms with van der Waals surface area (Å²) in [6, 6.07) is 8.82. The second kappa shape index (κ2) is 6.58. The highest BCUT2D eigenvalue weighted by atomic mass is 16.5. The smallest absolute Gasteiger partial charge is 0.122 e. The number of rotatable bonds is 6. The van der Waals surface area contributed by atoms with Crippen molar-refractivity contribution >= 4 is 0 Å². The van der Waals surface area contributed by atoms with Crippen molar-refractivity contribution in [3.05, 3.63) is 29.3 Å². The Hall–Kier alpha value is -1.53. The minimum Gasteiger partial charge on any atom is -0.493 e. The van der Waals surface area contributed by atoms with Gasteiger partial charge in [0.1, 0.15) is 5.75 Å². The maximum absolute atomic E-state index is 8.88. The highest BCUT2D eigenvalue weighted by Crippen LogP contribution is 2.26. The van der Waals surface area contributed by atoms with Crippen molar-refractivity contribution in [1.82, 2.24) is 4.90 Å². The number of ether oxygens (including phenoxy) is 1. The average Bonchev–Trinajstić information content (AvgIpc) is 2.90. The van der Waals surface area contributed by atoms with E-state index in [0.717, 1.165) is 44.8 Å². The minimum absolute atomic E-state index is 0.105. The summed E-state index contributed by atoms with van der Waals surface area (Å²) >= 11 is 0. The van der Waals surface area contributed by atoms with Crippen LogP contribution in [0.2, 0.25) is 0 Å². The normalized spacial score (nSPS) is 14.8. The van der Waals surface area contributed by atoms with Gasteiger partial charge in [-0.05, 0) is 37.1 Å². The van der Waals surface area contributed by atoms with Crippen LogP contribution in [-0.4, -0.2) is 31.1 Å². The molecule has 0 saturated carbocycles. The molecule has 0 fully saturated rings. The molecule has 3 nitrogen and oxygen atoms in total. The molecule has 2 rings (SSSR count). The molecule has 0 amide bonds. The maximum Gasteiger partial charge on any atom is 0.122 e. The molecule has 0 saturated heterocycles. The monoisotopic (exact) mass is 258 g/mol. The molecule has 0 spiro atoms. The van der Waals surface area contributed by atoms with Crippen LogP contribution in [0.15, 0.2) is 18.2 Å². The molecule has 1 unspecified atom stereocenters. The molecule has 0 radical (unpaired) electrons. The van der Waals surface area contributed by atoms with E-state index < -0.39 is 0 Å². The molecule has 1 heterocycles. The maximum atomic E-state index is 8.88. The van der Waals surface area contributed by atoms with Crippen molar-refractivity contribution in [2.75, 3.05) is 26.2 Å². The number of benzene rings is 1. The highest BCUT2D eigenvalue weighted by molar-refractivity contribution is 5.39. The van der Waals surface area contributed by atoms with Crippen LogP contribution in [0, 0.1) is 17.2 Å². The predicted molar refractivity (Wildman–Crippen MR) is 76.2 cm³/mol. The van der Waals surface area contributed by atoms with Crippen LogP contribution in [0.5, 0.6) is 5.75 Å². The third-order valence-corrected chi connectivity index (χ3v) is 3.67. The van der Waals surface area contributed by atoms with Gasteiger partial charge in [0.2, 0.25) is 0 Å². The Bertz CT molecular complexity index is 464.